The maximum Gasteiger partial charge on any atom is 0.211 e. The van der Waals surface area contributed by atoms with Crippen molar-refractivity contribution in [3.05, 3.63) is 42.1 Å². The molecule has 0 saturated heterocycles. The van der Waals surface area contributed by atoms with E-state index in [1.807, 2.05) is 6.07 Å². The summed E-state index contributed by atoms with van der Waals surface area (Å²) < 4.78 is 11.4. The minimum Gasteiger partial charge on any atom is -0.384 e. The Hall–Kier alpha value is -1.66. The molecule has 5 nitrogen and oxygen atoms in total. The van der Waals surface area contributed by atoms with Crippen LogP contribution in [0.15, 0.2) is 46.4 Å². The molecule has 2 rings (SSSR count). The first-order valence-electron chi connectivity index (χ1n) is 5.04. The molecule has 1 aromatic carbocycles. The molecule has 0 aromatic heterocycles. The van der Waals surface area contributed by atoms with Gasteiger partial charge in [-0.3, -0.25) is 9.94 Å². The van der Waals surface area contributed by atoms with Gasteiger partial charge in [-0.25, -0.2) is 4.99 Å². The highest BCUT2D eigenvalue weighted by Crippen LogP contribution is 2.21. The van der Waals surface area contributed by atoms with Crippen LogP contribution in [-0.2, 0) is 16.6 Å². The first kappa shape index (κ1) is 11.8. The molecule has 1 aliphatic heterocycles. The Morgan fingerprint density at radius 2 is 2.24 bits per heavy atom. The van der Waals surface area contributed by atoms with Gasteiger partial charge in [0.05, 0.1) is 0 Å². The van der Waals surface area contributed by atoms with Gasteiger partial charge in [0, 0.05) is 33.7 Å². The predicted octanol–water partition coefficient (Wildman–Crippen LogP) is -0.0329. The third kappa shape index (κ3) is 2.37. The average molecular weight is 250 g/mol. The van der Waals surface area contributed by atoms with Crippen molar-refractivity contribution in [1.82, 2.24) is 5.32 Å². The minimum absolute atomic E-state index is 0.356. The number of rotatable bonds is 2. The van der Waals surface area contributed by atoms with E-state index in [0.717, 1.165) is 5.56 Å². The topological polar surface area (TPSA) is 93.5 Å². The Bertz CT molecular complexity index is 526. The second-order valence-corrected chi connectivity index (χ2v) is 5.14. The lowest BCUT2D eigenvalue weighted by atomic mass is 10.1. The van der Waals surface area contributed by atoms with E-state index < -0.39 is 16.6 Å². The summed E-state index contributed by atoms with van der Waals surface area (Å²) in [4.78, 5) is 4.87. The zero-order valence-corrected chi connectivity index (χ0v) is 10.2. The monoisotopic (exact) mass is 250 g/mol. The summed E-state index contributed by atoms with van der Waals surface area (Å²) in [5.41, 5.74) is 12.5. The van der Waals surface area contributed by atoms with Crippen LogP contribution >= 0.6 is 0 Å². The van der Waals surface area contributed by atoms with Crippen LogP contribution in [0.1, 0.15) is 5.56 Å². The summed E-state index contributed by atoms with van der Waals surface area (Å²) in [5.74, 6) is -0.733. The quantitative estimate of drug-likeness (QED) is 0.687. The Kier molecular flexibility index (Phi) is 2.99. The van der Waals surface area contributed by atoms with Crippen molar-refractivity contribution in [2.24, 2.45) is 16.5 Å². The van der Waals surface area contributed by atoms with E-state index in [-0.39, 0.29) is 0 Å². The van der Waals surface area contributed by atoms with Gasteiger partial charge in [-0.1, -0.05) is 12.1 Å². The third-order valence-corrected chi connectivity index (χ3v) is 3.39. The van der Waals surface area contributed by atoms with Crippen LogP contribution in [0.2, 0.25) is 0 Å². The van der Waals surface area contributed by atoms with Gasteiger partial charge in [-0.15, -0.1) is 0 Å². The normalized spacial score (nSPS) is 24.9. The molecule has 0 bridgehead atoms. The SMILES string of the molecule is CS(=O)c1cccc(C2(N)N=C(N)C=CN2)c1. The molecule has 0 amide bonds. The van der Waals surface area contributed by atoms with Crippen LogP contribution in [-0.4, -0.2) is 16.3 Å². The first-order chi connectivity index (χ1) is 8.01. The number of nitrogens with two attached hydrogens (primary N) is 2. The Morgan fingerprint density at radius 1 is 1.47 bits per heavy atom. The van der Waals surface area contributed by atoms with Gasteiger partial charge in [0.1, 0.15) is 5.84 Å². The summed E-state index contributed by atoms with van der Waals surface area (Å²) in [6.45, 7) is 0. The maximum atomic E-state index is 11.4. The molecule has 0 fully saturated rings. The Balaban J connectivity index is 2.43. The maximum absolute atomic E-state index is 11.4. The number of hydrogen-bond acceptors (Lipinski definition) is 5. The van der Waals surface area contributed by atoms with Crippen LogP contribution in [0.25, 0.3) is 0 Å². The van der Waals surface area contributed by atoms with E-state index in [2.05, 4.69) is 10.3 Å². The van der Waals surface area contributed by atoms with Crippen molar-refractivity contribution in [2.45, 2.75) is 10.7 Å². The number of amidine groups is 1. The van der Waals surface area contributed by atoms with E-state index in [1.165, 1.54) is 0 Å². The molecule has 17 heavy (non-hydrogen) atoms. The van der Waals surface area contributed by atoms with E-state index in [0.29, 0.717) is 10.7 Å². The lowest BCUT2D eigenvalue weighted by Crippen LogP contribution is -2.49. The van der Waals surface area contributed by atoms with Crippen LogP contribution in [0, 0.1) is 0 Å². The van der Waals surface area contributed by atoms with Gasteiger partial charge in [-0.2, -0.15) is 0 Å². The van der Waals surface area contributed by atoms with Gasteiger partial charge in [-0.05, 0) is 18.2 Å². The molecular formula is C11H14N4OS. The van der Waals surface area contributed by atoms with Crippen LogP contribution < -0.4 is 16.8 Å². The summed E-state index contributed by atoms with van der Waals surface area (Å²) >= 11 is 0. The van der Waals surface area contributed by atoms with Gasteiger partial charge >= 0.3 is 0 Å². The van der Waals surface area contributed by atoms with Crippen molar-refractivity contribution in [3.8, 4) is 0 Å². The molecule has 0 spiro atoms. The Labute approximate surface area is 102 Å². The molecular weight excluding hydrogens is 236 g/mol. The van der Waals surface area contributed by atoms with Crippen LogP contribution in [0.4, 0.5) is 0 Å². The molecule has 0 aliphatic carbocycles. The fourth-order valence-electron chi connectivity index (χ4n) is 1.59. The highest BCUT2D eigenvalue weighted by atomic mass is 32.2. The molecule has 6 heteroatoms. The third-order valence-electron chi connectivity index (χ3n) is 2.47. The fraction of sp³-hybridized carbons (Fsp3) is 0.182. The zero-order chi connectivity index (χ0) is 12.5. The predicted molar refractivity (Wildman–Crippen MR) is 68.5 cm³/mol. The molecule has 1 heterocycles. The smallest absolute Gasteiger partial charge is 0.211 e. The standard InChI is InChI=1S/C11H14N4OS/c1-17(16)9-4-2-3-8(7-9)11(13)14-6-5-10(12)15-11/h2-7,14H,13H2,1H3,(H2,12,15). The van der Waals surface area contributed by atoms with Gasteiger partial charge < -0.3 is 11.1 Å². The second kappa shape index (κ2) is 4.31. The van der Waals surface area contributed by atoms with E-state index >= 15 is 0 Å². The summed E-state index contributed by atoms with van der Waals surface area (Å²) in [6.07, 6.45) is 4.90. The fourth-order valence-corrected chi connectivity index (χ4v) is 2.15. The molecule has 0 saturated carbocycles. The lowest BCUT2D eigenvalue weighted by molar-refractivity contribution is 0.409. The number of nitrogens with one attached hydrogen (secondary N) is 1. The minimum atomic E-state index is -1.09. The molecule has 90 valence electrons. The number of hydrogen-bond donors (Lipinski definition) is 3. The van der Waals surface area contributed by atoms with Crippen LogP contribution in [0.3, 0.4) is 0 Å². The highest BCUT2D eigenvalue weighted by Gasteiger charge is 2.27. The molecule has 1 aromatic rings. The van der Waals surface area contributed by atoms with E-state index in [9.17, 15) is 4.21 Å². The highest BCUT2D eigenvalue weighted by molar-refractivity contribution is 7.84. The largest absolute Gasteiger partial charge is 0.384 e. The van der Waals surface area contributed by atoms with Gasteiger partial charge in [0.15, 0.2) is 0 Å². The van der Waals surface area contributed by atoms with Crippen molar-refractivity contribution in [1.29, 1.82) is 0 Å². The number of nitrogens with zero attached hydrogens (tertiary/aromatic N) is 1. The summed E-state index contributed by atoms with van der Waals surface area (Å²) in [6, 6.07) is 7.17. The lowest BCUT2D eigenvalue weighted by Gasteiger charge is -2.28. The van der Waals surface area contributed by atoms with E-state index in [1.54, 1.807) is 36.7 Å². The van der Waals surface area contributed by atoms with Crippen molar-refractivity contribution in [3.63, 3.8) is 0 Å². The number of benzene rings is 1. The van der Waals surface area contributed by atoms with Gasteiger partial charge in [0.2, 0.25) is 5.79 Å². The Morgan fingerprint density at radius 3 is 2.88 bits per heavy atom. The molecule has 0 radical (unpaired) electrons. The molecule has 2 atom stereocenters. The summed E-state index contributed by atoms with van der Waals surface area (Å²) in [5, 5.41) is 2.94. The van der Waals surface area contributed by atoms with Crippen molar-refractivity contribution >= 4 is 16.6 Å². The zero-order valence-electron chi connectivity index (χ0n) is 9.38. The molecule has 5 N–H and O–H groups in total. The number of aliphatic imine (C=N–C) groups is 1. The summed E-state index contributed by atoms with van der Waals surface area (Å²) in [7, 11) is -1.05. The molecule has 1 aliphatic rings. The second-order valence-electron chi connectivity index (χ2n) is 3.76. The molecule has 2 unspecified atom stereocenters. The average Bonchev–Trinajstić information content (AvgIpc) is 2.29. The van der Waals surface area contributed by atoms with Gasteiger partial charge in [0.25, 0.3) is 0 Å². The van der Waals surface area contributed by atoms with E-state index in [4.69, 9.17) is 11.5 Å². The van der Waals surface area contributed by atoms with Crippen molar-refractivity contribution < 1.29 is 4.21 Å². The van der Waals surface area contributed by atoms with Crippen molar-refractivity contribution in [2.75, 3.05) is 6.26 Å². The first-order valence-corrected chi connectivity index (χ1v) is 6.59. The van der Waals surface area contributed by atoms with Crippen LogP contribution in [0.5, 0.6) is 0 Å².